The summed E-state index contributed by atoms with van der Waals surface area (Å²) in [5.41, 5.74) is 2.74. The molecule has 0 radical (unpaired) electrons. The molecule has 7 nitrogen and oxygen atoms in total. The minimum atomic E-state index is -0.420. The predicted octanol–water partition coefficient (Wildman–Crippen LogP) is 4.50. The molecule has 0 spiro atoms. The fourth-order valence-electron chi connectivity index (χ4n) is 4.02. The van der Waals surface area contributed by atoms with Crippen LogP contribution in [0.5, 0.6) is 5.75 Å². The van der Waals surface area contributed by atoms with E-state index < -0.39 is 5.92 Å². The van der Waals surface area contributed by atoms with Gasteiger partial charge in [0.1, 0.15) is 5.75 Å². The SMILES string of the molecule is COc1ccc(NC(=O)c2ccc(NC(=O)[C@H]3CC(=O)N([C@H](C)c4ccccc4)C3)cc2)cc1. The van der Waals surface area contributed by atoms with Crippen molar-refractivity contribution >= 4 is 29.1 Å². The monoisotopic (exact) mass is 457 g/mol. The van der Waals surface area contributed by atoms with E-state index in [1.54, 1.807) is 60.5 Å². The number of carbonyl (C=O) groups excluding carboxylic acids is 3. The van der Waals surface area contributed by atoms with E-state index in [1.165, 1.54) is 0 Å². The summed E-state index contributed by atoms with van der Waals surface area (Å²) in [5, 5.41) is 5.69. The van der Waals surface area contributed by atoms with Crippen LogP contribution >= 0.6 is 0 Å². The molecule has 2 atom stereocenters. The van der Waals surface area contributed by atoms with Gasteiger partial charge in [-0.3, -0.25) is 14.4 Å². The zero-order chi connectivity index (χ0) is 24.1. The first-order valence-corrected chi connectivity index (χ1v) is 11.2. The zero-order valence-electron chi connectivity index (χ0n) is 19.2. The number of hydrogen-bond acceptors (Lipinski definition) is 4. The second-order valence-corrected chi connectivity index (χ2v) is 8.28. The van der Waals surface area contributed by atoms with Crippen molar-refractivity contribution in [3.8, 4) is 5.75 Å². The van der Waals surface area contributed by atoms with Crippen molar-refractivity contribution in [2.24, 2.45) is 5.92 Å². The number of ether oxygens (including phenoxy) is 1. The van der Waals surface area contributed by atoms with Gasteiger partial charge in [0.15, 0.2) is 0 Å². The lowest BCUT2D eigenvalue weighted by Crippen LogP contribution is -2.30. The Labute approximate surface area is 198 Å². The van der Waals surface area contributed by atoms with Crippen molar-refractivity contribution < 1.29 is 19.1 Å². The molecule has 2 N–H and O–H groups in total. The highest BCUT2D eigenvalue weighted by molar-refractivity contribution is 6.05. The maximum atomic E-state index is 12.8. The van der Waals surface area contributed by atoms with Gasteiger partial charge in [0.05, 0.1) is 19.1 Å². The van der Waals surface area contributed by atoms with Gasteiger partial charge in [0.2, 0.25) is 11.8 Å². The van der Waals surface area contributed by atoms with Gasteiger partial charge in [-0.2, -0.15) is 0 Å². The minimum Gasteiger partial charge on any atom is -0.497 e. The summed E-state index contributed by atoms with van der Waals surface area (Å²) in [7, 11) is 1.58. The van der Waals surface area contributed by atoms with Gasteiger partial charge in [-0.1, -0.05) is 30.3 Å². The fraction of sp³-hybridized carbons (Fsp3) is 0.222. The third-order valence-electron chi connectivity index (χ3n) is 6.04. The number of methoxy groups -OCH3 is 1. The van der Waals surface area contributed by atoms with Crippen molar-refractivity contribution in [3.63, 3.8) is 0 Å². The van der Waals surface area contributed by atoms with Gasteiger partial charge in [0.25, 0.3) is 5.91 Å². The number of carbonyl (C=O) groups is 3. The molecule has 7 heteroatoms. The number of amides is 3. The number of nitrogens with zero attached hydrogens (tertiary/aromatic N) is 1. The molecular formula is C27H27N3O4. The second-order valence-electron chi connectivity index (χ2n) is 8.28. The summed E-state index contributed by atoms with van der Waals surface area (Å²) >= 11 is 0. The van der Waals surface area contributed by atoms with Gasteiger partial charge in [0, 0.05) is 29.9 Å². The van der Waals surface area contributed by atoms with Crippen molar-refractivity contribution in [3.05, 3.63) is 90.0 Å². The highest BCUT2D eigenvalue weighted by Crippen LogP contribution is 2.29. The third kappa shape index (κ3) is 5.26. The van der Waals surface area contributed by atoms with E-state index in [4.69, 9.17) is 4.74 Å². The van der Waals surface area contributed by atoms with E-state index in [2.05, 4.69) is 10.6 Å². The van der Waals surface area contributed by atoms with Crippen LogP contribution in [0, 0.1) is 5.92 Å². The fourth-order valence-corrected chi connectivity index (χ4v) is 4.02. The largest absolute Gasteiger partial charge is 0.497 e. The quantitative estimate of drug-likeness (QED) is 0.547. The van der Waals surface area contributed by atoms with Crippen LogP contribution in [0.3, 0.4) is 0 Å². The van der Waals surface area contributed by atoms with Crippen molar-refractivity contribution in [2.75, 3.05) is 24.3 Å². The van der Waals surface area contributed by atoms with E-state index >= 15 is 0 Å². The standard InChI is InChI=1S/C27H27N3O4/c1-18(19-6-4-3-5-7-19)30-17-21(16-25(30)31)27(33)29-22-10-8-20(9-11-22)26(32)28-23-12-14-24(34-2)15-13-23/h3-15,18,21H,16-17H2,1-2H3,(H,28,32)(H,29,33)/t18-,21+/m1/s1. The average Bonchev–Trinajstić information content (AvgIpc) is 3.26. The van der Waals surface area contributed by atoms with Gasteiger partial charge >= 0.3 is 0 Å². The summed E-state index contributed by atoms with van der Waals surface area (Å²) in [5.74, 6) is -0.194. The molecule has 3 aromatic carbocycles. The van der Waals surface area contributed by atoms with Crippen LogP contribution in [0.2, 0.25) is 0 Å². The molecule has 1 fully saturated rings. The highest BCUT2D eigenvalue weighted by atomic mass is 16.5. The summed E-state index contributed by atoms with van der Waals surface area (Å²) in [6, 6.07) is 23.4. The molecule has 3 aromatic rings. The number of benzene rings is 3. The number of likely N-dealkylation sites (tertiary alicyclic amines) is 1. The molecule has 1 aliphatic rings. The van der Waals surface area contributed by atoms with Gasteiger partial charge < -0.3 is 20.3 Å². The maximum Gasteiger partial charge on any atom is 0.255 e. The highest BCUT2D eigenvalue weighted by Gasteiger charge is 2.37. The molecule has 1 aliphatic heterocycles. The van der Waals surface area contributed by atoms with E-state index in [9.17, 15) is 14.4 Å². The normalized spacial score (nSPS) is 16.1. The first-order valence-electron chi connectivity index (χ1n) is 11.2. The molecule has 1 saturated heterocycles. The van der Waals surface area contributed by atoms with Crippen molar-refractivity contribution in [1.29, 1.82) is 0 Å². The molecule has 34 heavy (non-hydrogen) atoms. The smallest absolute Gasteiger partial charge is 0.255 e. The molecule has 0 saturated carbocycles. The predicted molar refractivity (Wildman–Crippen MR) is 131 cm³/mol. The third-order valence-corrected chi connectivity index (χ3v) is 6.04. The summed E-state index contributed by atoms with van der Waals surface area (Å²) < 4.78 is 5.12. The van der Waals surface area contributed by atoms with Crippen LogP contribution in [0.25, 0.3) is 0 Å². The van der Waals surface area contributed by atoms with Crippen molar-refractivity contribution in [2.45, 2.75) is 19.4 Å². The Morgan fingerprint density at radius 1 is 0.912 bits per heavy atom. The Hall–Kier alpha value is -4.13. The lowest BCUT2D eigenvalue weighted by atomic mass is 10.1. The van der Waals surface area contributed by atoms with Crippen LogP contribution in [0.4, 0.5) is 11.4 Å². The number of nitrogens with one attached hydrogen (secondary N) is 2. The molecule has 4 rings (SSSR count). The van der Waals surface area contributed by atoms with E-state index in [0.717, 1.165) is 5.56 Å². The first kappa shape index (κ1) is 23.0. The summed E-state index contributed by atoms with van der Waals surface area (Å²) in [6.45, 7) is 2.35. The lowest BCUT2D eigenvalue weighted by molar-refractivity contribution is -0.129. The number of hydrogen-bond donors (Lipinski definition) is 2. The summed E-state index contributed by atoms with van der Waals surface area (Å²) in [6.07, 6.45) is 0.186. The molecule has 3 amide bonds. The maximum absolute atomic E-state index is 12.8. The number of rotatable bonds is 7. The average molecular weight is 458 g/mol. The number of anilines is 2. The Morgan fingerprint density at radius 3 is 2.18 bits per heavy atom. The first-order chi connectivity index (χ1) is 16.4. The molecular weight excluding hydrogens is 430 g/mol. The minimum absolute atomic E-state index is 0.0259. The Bertz CT molecular complexity index is 1160. The summed E-state index contributed by atoms with van der Waals surface area (Å²) in [4.78, 5) is 39.6. The van der Waals surface area contributed by atoms with E-state index in [0.29, 0.717) is 29.2 Å². The molecule has 174 valence electrons. The Morgan fingerprint density at radius 2 is 1.53 bits per heavy atom. The molecule has 0 aromatic heterocycles. The van der Waals surface area contributed by atoms with Crippen molar-refractivity contribution in [1.82, 2.24) is 4.90 Å². The van der Waals surface area contributed by atoms with E-state index in [1.807, 2.05) is 37.3 Å². The van der Waals surface area contributed by atoms with Crippen LogP contribution in [0.15, 0.2) is 78.9 Å². The van der Waals surface area contributed by atoms with Gasteiger partial charge in [-0.15, -0.1) is 0 Å². The molecule has 0 bridgehead atoms. The van der Waals surface area contributed by atoms with Gasteiger partial charge in [-0.05, 0) is 61.0 Å². The zero-order valence-corrected chi connectivity index (χ0v) is 19.2. The van der Waals surface area contributed by atoms with Crippen LogP contribution in [-0.4, -0.2) is 36.3 Å². The van der Waals surface area contributed by atoms with Crippen LogP contribution < -0.4 is 15.4 Å². The lowest BCUT2D eigenvalue weighted by Gasteiger charge is -2.25. The molecule has 0 unspecified atom stereocenters. The van der Waals surface area contributed by atoms with Crippen LogP contribution in [0.1, 0.15) is 35.3 Å². The van der Waals surface area contributed by atoms with Crippen LogP contribution in [-0.2, 0) is 9.59 Å². The van der Waals surface area contributed by atoms with Gasteiger partial charge in [-0.25, -0.2) is 0 Å². The Balaban J connectivity index is 1.33. The Kier molecular flexibility index (Phi) is 6.92. The molecule has 1 heterocycles. The second kappa shape index (κ2) is 10.2. The van der Waals surface area contributed by atoms with E-state index in [-0.39, 0.29) is 30.2 Å². The topological polar surface area (TPSA) is 87.7 Å². The molecule has 0 aliphatic carbocycles.